The second-order valence-corrected chi connectivity index (χ2v) is 4.26. The van der Waals surface area contributed by atoms with Gasteiger partial charge in [-0.3, -0.25) is 4.68 Å². The third-order valence-electron chi connectivity index (χ3n) is 3.14. The number of hydrogen-bond acceptors (Lipinski definition) is 3. The molecule has 0 spiro atoms. The van der Waals surface area contributed by atoms with Crippen LogP contribution in [-0.2, 0) is 20.1 Å². The molecule has 0 aliphatic carbocycles. The van der Waals surface area contributed by atoms with Crippen molar-refractivity contribution in [3.63, 3.8) is 0 Å². The van der Waals surface area contributed by atoms with Crippen molar-refractivity contribution in [2.45, 2.75) is 13.1 Å². The molecule has 3 aromatic rings. The first-order valence-corrected chi connectivity index (χ1v) is 5.90. The summed E-state index contributed by atoms with van der Waals surface area (Å²) < 4.78 is 3.94. The van der Waals surface area contributed by atoms with Gasteiger partial charge < -0.3 is 10.3 Å². The van der Waals surface area contributed by atoms with Crippen molar-refractivity contribution >= 4 is 10.9 Å². The normalized spacial score (nSPS) is 11.2. The number of nitrogens with zero attached hydrogens (tertiary/aromatic N) is 4. The molecule has 2 N–H and O–H groups in total. The van der Waals surface area contributed by atoms with Crippen LogP contribution in [0.1, 0.15) is 11.5 Å². The van der Waals surface area contributed by atoms with Crippen molar-refractivity contribution in [2.75, 3.05) is 0 Å². The maximum Gasteiger partial charge on any atom is 0.122 e. The predicted octanol–water partition coefficient (Wildman–Crippen LogP) is 1.28. The fourth-order valence-electron chi connectivity index (χ4n) is 2.24. The van der Waals surface area contributed by atoms with Crippen LogP contribution in [0.15, 0.2) is 36.7 Å². The standard InChI is InChI=1S/C13H15N5/c1-17-12-5-3-2-4-10(12)11(16-17)9-18-7-6-15-13(18)8-14/h2-7H,8-9,14H2,1H3. The van der Waals surface area contributed by atoms with E-state index in [9.17, 15) is 0 Å². The van der Waals surface area contributed by atoms with E-state index in [-0.39, 0.29) is 0 Å². The molecule has 0 atom stereocenters. The topological polar surface area (TPSA) is 61.7 Å². The van der Waals surface area contributed by atoms with E-state index in [2.05, 4.69) is 22.2 Å². The summed E-state index contributed by atoms with van der Waals surface area (Å²) in [5, 5.41) is 5.74. The number of hydrogen-bond donors (Lipinski definition) is 1. The Bertz CT molecular complexity index is 680. The van der Waals surface area contributed by atoms with Crippen molar-refractivity contribution in [1.82, 2.24) is 19.3 Å². The molecule has 92 valence electrons. The summed E-state index contributed by atoms with van der Waals surface area (Å²) in [7, 11) is 1.96. The molecule has 0 amide bonds. The molecule has 0 aliphatic rings. The van der Waals surface area contributed by atoms with Gasteiger partial charge in [-0.05, 0) is 6.07 Å². The molecule has 0 saturated carbocycles. The van der Waals surface area contributed by atoms with Crippen molar-refractivity contribution in [3.05, 3.63) is 48.2 Å². The quantitative estimate of drug-likeness (QED) is 0.751. The molecule has 0 aliphatic heterocycles. The highest BCUT2D eigenvalue weighted by Crippen LogP contribution is 2.18. The van der Waals surface area contributed by atoms with Gasteiger partial charge in [-0.2, -0.15) is 5.10 Å². The van der Waals surface area contributed by atoms with E-state index in [1.54, 1.807) is 6.20 Å². The lowest BCUT2D eigenvalue weighted by Crippen LogP contribution is -2.09. The Labute approximate surface area is 105 Å². The Morgan fingerprint density at radius 3 is 2.94 bits per heavy atom. The summed E-state index contributed by atoms with van der Waals surface area (Å²) in [6.07, 6.45) is 3.71. The fourth-order valence-corrected chi connectivity index (χ4v) is 2.24. The minimum absolute atomic E-state index is 0.442. The van der Waals surface area contributed by atoms with E-state index in [0.717, 1.165) is 17.0 Å². The Hall–Kier alpha value is -2.14. The van der Waals surface area contributed by atoms with Crippen LogP contribution in [0.4, 0.5) is 0 Å². The van der Waals surface area contributed by atoms with Crippen LogP contribution in [0.5, 0.6) is 0 Å². The van der Waals surface area contributed by atoms with E-state index in [4.69, 9.17) is 5.73 Å². The van der Waals surface area contributed by atoms with Gasteiger partial charge >= 0.3 is 0 Å². The molecule has 2 heterocycles. The number of imidazole rings is 1. The third-order valence-corrected chi connectivity index (χ3v) is 3.14. The number of aromatic nitrogens is 4. The Balaban J connectivity index is 2.05. The molecule has 0 saturated heterocycles. The van der Waals surface area contributed by atoms with Crippen LogP contribution in [0.3, 0.4) is 0 Å². The molecular formula is C13H15N5. The molecule has 1 aromatic carbocycles. The van der Waals surface area contributed by atoms with Gasteiger partial charge in [0.25, 0.3) is 0 Å². The van der Waals surface area contributed by atoms with Gasteiger partial charge in [0.2, 0.25) is 0 Å². The van der Waals surface area contributed by atoms with Crippen molar-refractivity contribution in [3.8, 4) is 0 Å². The SMILES string of the molecule is Cn1nc(Cn2ccnc2CN)c2ccccc21. The fraction of sp³-hybridized carbons (Fsp3) is 0.231. The van der Waals surface area contributed by atoms with Crippen LogP contribution in [0.25, 0.3) is 10.9 Å². The number of para-hydroxylation sites is 1. The lowest BCUT2D eigenvalue weighted by molar-refractivity contribution is 0.685. The van der Waals surface area contributed by atoms with Gasteiger partial charge in [-0.15, -0.1) is 0 Å². The molecule has 18 heavy (non-hydrogen) atoms. The molecule has 0 fully saturated rings. The molecule has 5 nitrogen and oxygen atoms in total. The number of rotatable bonds is 3. The van der Waals surface area contributed by atoms with Gasteiger partial charge in [0.15, 0.2) is 0 Å². The predicted molar refractivity (Wildman–Crippen MR) is 69.9 cm³/mol. The number of nitrogens with two attached hydrogens (primary N) is 1. The molecule has 3 rings (SSSR count). The highest BCUT2D eigenvalue weighted by Gasteiger charge is 2.09. The van der Waals surface area contributed by atoms with Crippen molar-refractivity contribution in [2.24, 2.45) is 12.8 Å². The summed E-state index contributed by atoms with van der Waals surface area (Å²) in [5.41, 5.74) is 7.84. The van der Waals surface area contributed by atoms with E-state index < -0.39 is 0 Å². The zero-order valence-electron chi connectivity index (χ0n) is 10.2. The second-order valence-electron chi connectivity index (χ2n) is 4.26. The zero-order valence-corrected chi connectivity index (χ0v) is 10.2. The van der Waals surface area contributed by atoms with Gasteiger partial charge in [0.05, 0.1) is 24.3 Å². The average molecular weight is 241 g/mol. The molecule has 2 aromatic heterocycles. The van der Waals surface area contributed by atoms with E-state index >= 15 is 0 Å². The van der Waals surface area contributed by atoms with E-state index in [1.807, 2.05) is 34.6 Å². The Kier molecular flexibility index (Phi) is 2.60. The highest BCUT2D eigenvalue weighted by molar-refractivity contribution is 5.81. The Morgan fingerprint density at radius 1 is 1.28 bits per heavy atom. The van der Waals surface area contributed by atoms with Gasteiger partial charge in [0, 0.05) is 24.8 Å². The molecule has 5 heteroatoms. The molecule has 0 bridgehead atoms. The highest BCUT2D eigenvalue weighted by atomic mass is 15.3. The second kappa shape index (κ2) is 4.27. The minimum atomic E-state index is 0.442. The molecule has 0 radical (unpaired) electrons. The van der Waals surface area contributed by atoms with Crippen molar-refractivity contribution < 1.29 is 0 Å². The van der Waals surface area contributed by atoms with Gasteiger partial charge in [-0.1, -0.05) is 18.2 Å². The van der Waals surface area contributed by atoms with E-state index in [1.165, 1.54) is 5.39 Å². The van der Waals surface area contributed by atoms with Gasteiger partial charge in [-0.25, -0.2) is 4.98 Å². The lowest BCUT2D eigenvalue weighted by atomic mass is 10.2. The van der Waals surface area contributed by atoms with Crippen LogP contribution in [0.2, 0.25) is 0 Å². The maximum absolute atomic E-state index is 5.66. The zero-order chi connectivity index (χ0) is 12.5. The van der Waals surface area contributed by atoms with Crippen LogP contribution in [-0.4, -0.2) is 19.3 Å². The summed E-state index contributed by atoms with van der Waals surface area (Å²) >= 11 is 0. The first-order chi connectivity index (χ1) is 8.79. The number of fused-ring (bicyclic) bond motifs is 1. The maximum atomic E-state index is 5.66. The first-order valence-electron chi connectivity index (χ1n) is 5.90. The summed E-state index contributed by atoms with van der Waals surface area (Å²) in [6, 6.07) is 8.22. The van der Waals surface area contributed by atoms with Crippen LogP contribution >= 0.6 is 0 Å². The van der Waals surface area contributed by atoms with E-state index in [0.29, 0.717) is 13.1 Å². The summed E-state index contributed by atoms with van der Waals surface area (Å²) in [5.74, 6) is 0.879. The monoisotopic (exact) mass is 241 g/mol. The minimum Gasteiger partial charge on any atom is -0.328 e. The summed E-state index contributed by atoms with van der Waals surface area (Å²) in [6.45, 7) is 1.14. The average Bonchev–Trinajstić information content (AvgIpc) is 2.96. The summed E-state index contributed by atoms with van der Waals surface area (Å²) in [4.78, 5) is 4.22. The number of benzene rings is 1. The first kappa shape index (κ1) is 11.0. The van der Waals surface area contributed by atoms with Crippen LogP contribution < -0.4 is 5.73 Å². The number of aryl methyl sites for hydroxylation is 1. The lowest BCUT2D eigenvalue weighted by Gasteiger charge is -2.03. The molecular weight excluding hydrogens is 226 g/mol. The van der Waals surface area contributed by atoms with Crippen LogP contribution in [0, 0.1) is 0 Å². The smallest absolute Gasteiger partial charge is 0.122 e. The van der Waals surface area contributed by atoms with Gasteiger partial charge in [0.1, 0.15) is 5.82 Å². The largest absolute Gasteiger partial charge is 0.328 e. The molecule has 0 unspecified atom stereocenters. The van der Waals surface area contributed by atoms with Crippen molar-refractivity contribution in [1.29, 1.82) is 0 Å². The third kappa shape index (κ3) is 1.69. The Morgan fingerprint density at radius 2 is 2.11 bits per heavy atom.